The topological polar surface area (TPSA) is 94.9 Å². The first kappa shape index (κ1) is 26.6. The van der Waals surface area contributed by atoms with Gasteiger partial charge in [0.15, 0.2) is 11.5 Å². The first-order valence-corrected chi connectivity index (χ1v) is 13.6. The summed E-state index contributed by atoms with van der Waals surface area (Å²) in [5, 5.41) is 28.6. The van der Waals surface area contributed by atoms with Crippen LogP contribution in [0.15, 0.2) is 48.7 Å². The van der Waals surface area contributed by atoms with Crippen molar-refractivity contribution in [1.29, 1.82) is 0 Å². The molecule has 206 valence electrons. The number of carbonyl (C=O) groups is 1. The summed E-state index contributed by atoms with van der Waals surface area (Å²) in [5.74, 6) is 1.13. The minimum atomic E-state index is -0.959. The van der Waals surface area contributed by atoms with E-state index in [0.717, 1.165) is 53.7 Å². The number of benzene rings is 2. The van der Waals surface area contributed by atoms with Gasteiger partial charge in [-0.15, -0.1) is 24.8 Å². The molecule has 5 aliphatic rings. The lowest BCUT2D eigenvalue weighted by Crippen LogP contribution is -2.78. The molecule has 39 heavy (non-hydrogen) atoms. The molecule has 8 rings (SSSR count). The average molecular weight is 571 g/mol. The van der Waals surface area contributed by atoms with E-state index in [1.807, 2.05) is 36.4 Å². The van der Waals surface area contributed by atoms with Crippen LogP contribution in [0.1, 0.15) is 53.7 Å². The number of fused-ring (bicyclic) bond motifs is 1. The van der Waals surface area contributed by atoms with E-state index in [4.69, 9.17) is 4.74 Å². The zero-order valence-electron chi connectivity index (χ0n) is 21.5. The van der Waals surface area contributed by atoms with Crippen LogP contribution < -0.4 is 10.1 Å². The number of hydrogen-bond donors (Lipinski definition) is 3. The highest BCUT2D eigenvalue weighted by Crippen LogP contribution is 2.65. The Hall–Kier alpha value is -2.58. The molecule has 5 atom stereocenters. The molecule has 2 aromatic carbocycles. The van der Waals surface area contributed by atoms with Gasteiger partial charge in [0.25, 0.3) is 5.91 Å². The summed E-state index contributed by atoms with van der Waals surface area (Å²) in [7, 11) is 0. The fraction of sp³-hybridized carbons (Fsp3) is 0.467. The first-order valence-electron chi connectivity index (χ1n) is 13.6. The van der Waals surface area contributed by atoms with Gasteiger partial charge in [0.1, 0.15) is 11.8 Å². The Morgan fingerprint density at radius 2 is 1.90 bits per heavy atom. The number of aromatic hydroxyl groups is 1. The third kappa shape index (κ3) is 3.63. The fourth-order valence-corrected chi connectivity index (χ4v) is 8.08. The van der Waals surface area contributed by atoms with E-state index < -0.39 is 17.1 Å². The lowest BCUT2D eigenvalue weighted by Gasteiger charge is -2.64. The van der Waals surface area contributed by atoms with Crippen LogP contribution in [-0.2, 0) is 11.8 Å². The molecule has 3 aromatic rings. The summed E-state index contributed by atoms with van der Waals surface area (Å²) >= 11 is 0. The zero-order valence-corrected chi connectivity index (χ0v) is 23.1. The number of halogens is 2. The number of phenols is 1. The van der Waals surface area contributed by atoms with Gasteiger partial charge in [-0.2, -0.15) is 0 Å². The van der Waals surface area contributed by atoms with Crippen molar-refractivity contribution in [2.75, 3.05) is 13.1 Å². The first-order chi connectivity index (χ1) is 18.0. The lowest BCUT2D eigenvalue weighted by atomic mass is 9.48. The monoisotopic (exact) mass is 569 g/mol. The number of rotatable bonds is 4. The third-order valence-corrected chi connectivity index (χ3v) is 9.94. The minimum absolute atomic E-state index is 0. The molecule has 2 saturated carbocycles. The Morgan fingerprint density at radius 3 is 2.69 bits per heavy atom. The molecule has 9 heteroatoms. The lowest BCUT2D eigenvalue weighted by molar-refractivity contribution is -0.191. The Labute approximate surface area is 239 Å². The van der Waals surface area contributed by atoms with Gasteiger partial charge in [0.05, 0.1) is 17.1 Å². The Kier molecular flexibility index (Phi) is 6.30. The number of piperidine rings is 1. The van der Waals surface area contributed by atoms with Crippen molar-refractivity contribution in [1.82, 2.24) is 15.2 Å². The molecule has 0 unspecified atom stereocenters. The number of carbonyl (C=O) groups excluding carboxylic acids is 1. The van der Waals surface area contributed by atoms with Gasteiger partial charge in [0, 0.05) is 29.7 Å². The number of phenolic OH excluding ortho intramolecular Hbond substituents is 1. The van der Waals surface area contributed by atoms with Crippen molar-refractivity contribution >= 4 is 41.5 Å². The smallest absolute Gasteiger partial charge is 0.270 e. The number of amides is 1. The molecule has 3 fully saturated rings. The van der Waals surface area contributed by atoms with Crippen molar-refractivity contribution < 1.29 is 19.7 Å². The van der Waals surface area contributed by atoms with Crippen LogP contribution in [0.2, 0.25) is 0 Å². The van der Waals surface area contributed by atoms with E-state index in [0.29, 0.717) is 24.3 Å². The minimum Gasteiger partial charge on any atom is -0.504 e. The Morgan fingerprint density at radius 1 is 1.10 bits per heavy atom. The fourth-order valence-electron chi connectivity index (χ4n) is 8.08. The van der Waals surface area contributed by atoms with Crippen molar-refractivity contribution in [2.45, 2.75) is 67.7 Å². The molecule has 3 aliphatic carbocycles. The number of nitrogens with one attached hydrogen (secondary N) is 1. The molecule has 3 N–H and O–H groups in total. The number of aliphatic hydroxyl groups is 1. The predicted octanol–water partition coefficient (Wildman–Crippen LogP) is 4.15. The van der Waals surface area contributed by atoms with Gasteiger partial charge >= 0.3 is 0 Å². The largest absolute Gasteiger partial charge is 0.504 e. The van der Waals surface area contributed by atoms with Crippen LogP contribution in [0.3, 0.4) is 0 Å². The molecule has 3 heterocycles. The van der Waals surface area contributed by atoms with Gasteiger partial charge < -0.3 is 20.3 Å². The highest BCUT2D eigenvalue weighted by atomic mass is 35.5. The maximum absolute atomic E-state index is 13.4. The van der Waals surface area contributed by atoms with Gasteiger partial charge in [-0.1, -0.05) is 30.3 Å². The van der Waals surface area contributed by atoms with E-state index in [9.17, 15) is 15.0 Å². The van der Waals surface area contributed by atoms with Crippen LogP contribution in [0.25, 0.3) is 10.8 Å². The van der Waals surface area contributed by atoms with Crippen LogP contribution in [0.4, 0.5) is 0 Å². The summed E-state index contributed by atoms with van der Waals surface area (Å²) in [6.07, 6.45) is 6.57. The van der Waals surface area contributed by atoms with E-state index >= 15 is 0 Å². The van der Waals surface area contributed by atoms with Crippen molar-refractivity contribution in [3.05, 3.63) is 65.5 Å². The molecule has 1 saturated heterocycles. The predicted molar refractivity (Wildman–Crippen MR) is 152 cm³/mol. The second-order valence-corrected chi connectivity index (χ2v) is 11.8. The van der Waals surface area contributed by atoms with Crippen molar-refractivity contribution in [3.63, 3.8) is 0 Å². The quantitative estimate of drug-likeness (QED) is 0.437. The number of likely N-dealkylation sites (tertiary alicyclic amines) is 1. The van der Waals surface area contributed by atoms with Gasteiger partial charge in [-0.25, -0.2) is 0 Å². The molecule has 2 aliphatic heterocycles. The molecule has 1 amide bonds. The number of aromatic nitrogens is 1. The molecular weight excluding hydrogens is 537 g/mol. The average Bonchev–Trinajstić information content (AvgIpc) is 3.65. The standard InChI is InChI=1S/C30H31N3O4.2ClH/c34-23-8-7-19-14-24-30(36)10-9-21(32-28(35)22-13-18-3-1-2-4-20(18)15-31-22)27-29(30,25(19)26(23)37-27)11-12-33(24)16-17-5-6-17;;/h1-4,7-8,13,15,17,21,24,27,34,36H,5-6,9-12,14,16H2,(H,32,35);2*1H/t21-,24+,27-,29-,30+;;/m0../s1. The number of pyridine rings is 1. The summed E-state index contributed by atoms with van der Waals surface area (Å²) < 4.78 is 6.56. The number of ether oxygens (including phenoxy) is 1. The molecule has 2 bridgehead atoms. The summed E-state index contributed by atoms with van der Waals surface area (Å²) in [6, 6.07) is 13.1. The van der Waals surface area contributed by atoms with E-state index in [2.05, 4.69) is 15.2 Å². The van der Waals surface area contributed by atoms with Crippen molar-refractivity contribution in [2.24, 2.45) is 5.92 Å². The Balaban J connectivity index is 0.00000138. The summed E-state index contributed by atoms with van der Waals surface area (Å²) in [4.78, 5) is 20.4. The van der Waals surface area contributed by atoms with E-state index in [1.165, 1.54) is 12.8 Å². The number of nitrogens with zero attached hydrogens (tertiary/aromatic N) is 2. The zero-order chi connectivity index (χ0) is 24.9. The molecular formula is C30H33Cl2N3O4. The summed E-state index contributed by atoms with van der Waals surface area (Å²) in [5.41, 5.74) is 0.904. The van der Waals surface area contributed by atoms with Crippen LogP contribution in [0.5, 0.6) is 11.5 Å². The second kappa shape index (κ2) is 9.23. The second-order valence-electron chi connectivity index (χ2n) is 11.8. The summed E-state index contributed by atoms with van der Waals surface area (Å²) in [6.45, 7) is 1.94. The molecule has 7 nitrogen and oxygen atoms in total. The van der Waals surface area contributed by atoms with Gasteiger partial charge in [-0.05, 0) is 74.1 Å². The van der Waals surface area contributed by atoms with E-state index in [-0.39, 0.29) is 48.6 Å². The normalized spacial score (nSPS) is 31.9. The van der Waals surface area contributed by atoms with E-state index in [1.54, 1.807) is 12.3 Å². The molecule has 0 radical (unpaired) electrons. The van der Waals surface area contributed by atoms with Crippen LogP contribution in [0, 0.1) is 5.92 Å². The maximum Gasteiger partial charge on any atom is 0.270 e. The maximum atomic E-state index is 13.4. The Bertz CT molecular complexity index is 1470. The highest BCUT2D eigenvalue weighted by Gasteiger charge is 2.73. The number of hydrogen-bond acceptors (Lipinski definition) is 6. The van der Waals surface area contributed by atoms with Crippen LogP contribution >= 0.6 is 24.8 Å². The molecule has 1 aromatic heterocycles. The van der Waals surface area contributed by atoms with Gasteiger partial charge in [0.2, 0.25) is 0 Å². The third-order valence-electron chi connectivity index (χ3n) is 9.94. The van der Waals surface area contributed by atoms with Crippen LogP contribution in [-0.4, -0.2) is 62.9 Å². The van der Waals surface area contributed by atoms with Crippen molar-refractivity contribution in [3.8, 4) is 11.5 Å². The SMILES string of the molecule is Cl.Cl.O=C(N[C@H]1CC[C@@]2(O)[C@H]3Cc4ccc(O)c5c4[C@@]2(CCN3CC2CC2)[C@H]1O5)c1cc2ccccc2cn1. The molecule has 1 spiro atoms. The van der Waals surface area contributed by atoms with Gasteiger partial charge in [-0.3, -0.25) is 14.7 Å². The highest BCUT2D eigenvalue weighted by molar-refractivity contribution is 5.96.